The second-order valence-corrected chi connectivity index (χ2v) is 5.11. The first-order valence-electron chi connectivity index (χ1n) is 6.55. The van der Waals surface area contributed by atoms with Gasteiger partial charge in [0.15, 0.2) is 0 Å². The van der Waals surface area contributed by atoms with Gasteiger partial charge in [-0.3, -0.25) is 4.90 Å². The summed E-state index contributed by atoms with van der Waals surface area (Å²) in [5.41, 5.74) is 8.16. The molecule has 2 N–H and O–H groups in total. The first kappa shape index (κ1) is 13.3. The molecule has 1 fully saturated rings. The summed E-state index contributed by atoms with van der Waals surface area (Å²) in [6, 6.07) is 11.2. The van der Waals surface area contributed by atoms with Gasteiger partial charge < -0.3 is 10.6 Å². The molecule has 18 heavy (non-hydrogen) atoms. The van der Waals surface area contributed by atoms with Crippen LogP contribution >= 0.6 is 0 Å². The lowest BCUT2D eigenvalue weighted by Crippen LogP contribution is -2.47. The lowest BCUT2D eigenvalue weighted by atomic mass is 10.0. The van der Waals surface area contributed by atoms with E-state index >= 15 is 0 Å². The summed E-state index contributed by atoms with van der Waals surface area (Å²) in [6.45, 7) is 8.78. The van der Waals surface area contributed by atoms with Crippen LogP contribution in [0.1, 0.15) is 11.6 Å². The first-order valence-corrected chi connectivity index (χ1v) is 6.55. The van der Waals surface area contributed by atoms with Crippen LogP contribution in [0.5, 0.6) is 0 Å². The second-order valence-electron chi connectivity index (χ2n) is 5.11. The highest BCUT2D eigenvalue weighted by Crippen LogP contribution is 2.25. The molecule has 98 valence electrons. The highest BCUT2D eigenvalue weighted by molar-refractivity contribution is 5.20. The Labute approximate surface area is 110 Å². The lowest BCUT2D eigenvalue weighted by Gasteiger charge is -2.40. The Hall–Kier alpha value is -1.16. The standard InChI is InChI=1S/C15H23N3/c1-13(10-16)11-18-9-8-17(2)12-15(18)14-6-4-3-5-7-14/h3-7,15H,1,8-12,16H2,2H3. The van der Waals surface area contributed by atoms with Crippen LogP contribution in [0.2, 0.25) is 0 Å². The minimum atomic E-state index is 0.452. The maximum absolute atomic E-state index is 5.66. The summed E-state index contributed by atoms with van der Waals surface area (Å²) in [6.07, 6.45) is 0. The average molecular weight is 245 g/mol. The van der Waals surface area contributed by atoms with Crippen molar-refractivity contribution < 1.29 is 0 Å². The van der Waals surface area contributed by atoms with Gasteiger partial charge >= 0.3 is 0 Å². The number of rotatable bonds is 4. The molecule has 1 aliphatic heterocycles. The van der Waals surface area contributed by atoms with Crippen molar-refractivity contribution in [3.05, 3.63) is 48.0 Å². The zero-order valence-corrected chi connectivity index (χ0v) is 11.2. The van der Waals surface area contributed by atoms with Gasteiger partial charge in [0.25, 0.3) is 0 Å². The molecule has 1 aromatic rings. The molecule has 1 aliphatic rings. The average Bonchev–Trinajstić information content (AvgIpc) is 2.41. The van der Waals surface area contributed by atoms with E-state index in [2.05, 4.69) is 53.8 Å². The largest absolute Gasteiger partial charge is 0.327 e. The summed E-state index contributed by atoms with van der Waals surface area (Å²) in [4.78, 5) is 4.88. The fourth-order valence-corrected chi connectivity index (χ4v) is 2.49. The fourth-order valence-electron chi connectivity index (χ4n) is 2.49. The van der Waals surface area contributed by atoms with E-state index in [0.29, 0.717) is 12.6 Å². The third-order valence-corrected chi connectivity index (χ3v) is 3.59. The third kappa shape index (κ3) is 3.19. The summed E-state index contributed by atoms with van der Waals surface area (Å²) < 4.78 is 0. The van der Waals surface area contributed by atoms with E-state index in [4.69, 9.17) is 5.73 Å². The number of hydrogen-bond acceptors (Lipinski definition) is 3. The van der Waals surface area contributed by atoms with E-state index in [-0.39, 0.29) is 0 Å². The van der Waals surface area contributed by atoms with E-state index in [1.54, 1.807) is 0 Å². The molecule has 1 atom stereocenters. The van der Waals surface area contributed by atoms with Crippen molar-refractivity contribution in [3.63, 3.8) is 0 Å². The van der Waals surface area contributed by atoms with Gasteiger partial charge in [-0.05, 0) is 18.2 Å². The minimum Gasteiger partial charge on any atom is -0.327 e. The number of piperazine rings is 1. The Kier molecular flexibility index (Phi) is 4.53. The van der Waals surface area contributed by atoms with Gasteiger partial charge in [0.1, 0.15) is 0 Å². The number of nitrogens with zero attached hydrogens (tertiary/aromatic N) is 2. The van der Waals surface area contributed by atoms with Gasteiger partial charge in [0.05, 0.1) is 0 Å². The molecular formula is C15H23N3. The molecule has 3 nitrogen and oxygen atoms in total. The molecule has 0 bridgehead atoms. The van der Waals surface area contributed by atoms with Gasteiger partial charge in [0, 0.05) is 38.8 Å². The lowest BCUT2D eigenvalue weighted by molar-refractivity contribution is 0.0985. The topological polar surface area (TPSA) is 32.5 Å². The molecule has 1 unspecified atom stereocenters. The van der Waals surface area contributed by atoms with Gasteiger partial charge in [-0.25, -0.2) is 0 Å². The molecule has 0 radical (unpaired) electrons. The van der Waals surface area contributed by atoms with Crippen LogP contribution in [-0.2, 0) is 0 Å². The fraction of sp³-hybridized carbons (Fsp3) is 0.467. The van der Waals surface area contributed by atoms with E-state index in [9.17, 15) is 0 Å². The number of likely N-dealkylation sites (N-methyl/N-ethyl adjacent to an activating group) is 1. The molecule has 0 aliphatic carbocycles. The molecule has 1 heterocycles. The van der Waals surface area contributed by atoms with Crippen LogP contribution in [0.3, 0.4) is 0 Å². The Balaban J connectivity index is 2.13. The van der Waals surface area contributed by atoms with Crippen molar-refractivity contribution in [1.82, 2.24) is 9.80 Å². The van der Waals surface area contributed by atoms with Crippen LogP contribution < -0.4 is 5.73 Å². The Morgan fingerprint density at radius 2 is 2.06 bits per heavy atom. The summed E-state index contributed by atoms with van der Waals surface area (Å²) in [5, 5.41) is 0. The minimum absolute atomic E-state index is 0.452. The monoisotopic (exact) mass is 245 g/mol. The predicted octanol–water partition coefficient (Wildman–Crippen LogP) is 1.49. The van der Waals surface area contributed by atoms with Crippen molar-refractivity contribution in [2.45, 2.75) is 6.04 Å². The molecular weight excluding hydrogens is 222 g/mol. The van der Waals surface area contributed by atoms with Gasteiger partial charge in [-0.15, -0.1) is 0 Å². The van der Waals surface area contributed by atoms with Crippen LogP contribution in [-0.4, -0.2) is 49.6 Å². The normalized spacial score (nSPS) is 22.0. The SMILES string of the molecule is C=C(CN)CN1CCN(C)CC1c1ccccc1. The molecule has 1 saturated heterocycles. The second kappa shape index (κ2) is 6.14. The number of nitrogens with two attached hydrogens (primary N) is 1. The summed E-state index contributed by atoms with van der Waals surface area (Å²) in [7, 11) is 2.19. The molecule has 0 amide bonds. The highest BCUT2D eigenvalue weighted by Gasteiger charge is 2.26. The van der Waals surface area contributed by atoms with Crippen LogP contribution in [0.15, 0.2) is 42.5 Å². The molecule has 2 rings (SSSR count). The van der Waals surface area contributed by atoms with Crippen molar-refractivity contribution in [3.8, 4) is 0 Å². The Morgan fingerprint density at radius 1 is 1.33 bits per heavy atom. The van der Waals surface area contributed by atoms with E-state index in [1.807, 2.05) is 0 Å². The van der Waals surface area contributed by atoms with Crippen LogP contribution in [0.4, 0.5) is 0 Å². The summed E-state index contributed by atoms with van der Waals surface area (Å²) in [5.74, 6) is 0. The van der Waals surface area contributed by atoms with Gasteiger partial charge in [-0.1, -0.05) is 36.9 Å². The van der Waals surface area contributed by atoms with Crippen LogP contribution in [0.25, 0.3) is 0 Å². The van der Waals surface area contributed by atoms with Crippen molar-refractivity contribution in [1.29, 1.82) is 0 Å². The molecule has 0 saturated carbocycles. The Bertz CT molecular complexity index is 388. The van der Waals surface area contributed by atoms with Crippen molar-refractivity contribution in [2.24, 2.45) is 5.73 Å². The molecule has 0 spiro atoms. The van der Waals surface area contributed by atoms with Gasteiger partial charge in [-0.2, -0.15) is 0 Å². The van der Waals surface area contributed by atoms with E-state index < -0.39 is 0 Å². The van der Waals surface area contributed by atoms with Crippen molar-refractivity contribution >= 4 is 0 Å². The zero-order chi connectivity index (χ0) is 13.0. The zero-order valence-electron chi connectivity index (χ0n) is 11.2. The first-order chi connectivity index (χ1) is 8.70. The molecule has 0 aromatic heterocycles. The number of benzene rings is 1. The molecule has 3 heteroatoms. The maximum atomic E-state index is 5.66. The number of hydrogen-bond donors (Lipinski definition) is 1. The van der Waals surface area contributed by atoms with Crippen LogP contribution in [0, 0.1) is 0 Å². The predicted molar refractivity (Wildman–Crippen MR) is 76.4 cm³/mol. The van der Waals surface area contributed by atoms with Gasteiger partial charge in [0.2, 0.25) is 0 Å². The van der Waals surface area contributed by atoms with E-state index in [0.717, 1.165) is 31.8 Å². The summed E-state index contributed by atoms with van der Waals surface area (Å²) >= 11 is 0. The highest BCUT2D eigenvalue weighted by atomic mass is 15.3. The maximum Gasteiger partial charge on any atom is 0.0479 e. The van der Waals surface area contributed by atoms with Crippen molar-refractivity contribution in [2.75, 3.05) is 39.8 Å². The third-order valence-electron chi connectivity index (χ3n) is 3.59. The smallest absolute Gasteiger partial charge is 0.0479 e. The Morgan fingerprint density at radius 3 is 2.72 bits per heavy atom. The molecule has 1 aromatic carbocycles. The quantitative estimate of drug-likeness (QED) is 0.816. The van der Waals surface area contributed by atoms with E-state index in [1.165, 1.54) is 5.56 Å².